The molecule has 0 aliphatic heterocycles. The van der Waals surface area contributed by atoms with Gasteiger partial charge in [-0.05, 0) is 30.5 Å². The van der Waals surface area contributed by atoms with Gasteiger partial charge in [0.2, 0.25) is 0 Å². The Labute approximate surface area is 72.7 Å². The van der Waals surface area contributed by atoms with Gasteiger partial charge in [-0.3, -0.25) is 0 Å². The van der Waals surface area contributed by atoms with E-state index in [0.29, 0.717) is 5.56 Å². The average Bonchev–Trinajstić information content (AvgIpc) is 2.03. The Balaban J connectivity index is 3.12. The molecular formula is C11H13F. The van der Waals surface area contributed by atoms with Crippen molar-refractivity contribution in [2.45, 2.75) is 20.3 Å². The minimum absolute atomic E-state index is 0.165. The zero-order valence-corrected chi connectivity index (χ0v) is 7.52. The lowest BCUT2D eigenvalue weighted by molar-refractivity contribution is 0.622. The van der Waals surface area contributed by atoms with E-state index in [0.717, 1.165) is 17.6 Å². The third-order valence-electron chi connectivity index (χ3n) is 1.90. The molecule has 0 radical (unpaired) electrons. The van der Waals surface area contributed by atoms with E-state index in [2.05, 4.69) is 6.58 Å². The van der Waals surface area contributed by atoms with Gasteiger partial charge in [-0.15, -0.1) is 0 Å². The van der Waals surface area contributed by atoms with Crippen molar-refractivity contribution in [3.63, 3.8) is 0 Å². The zero-order valence-electron chi connectivity index (χ0n) is 7.52. The second-order valence-electron chi connectivity index (χ2n) is 2.95. The number of allylic oxidation sites excluding steroid dienone is 1. The maximum absolute atomic E-state index is 13.2. The Morgan fingerprint density at radius 3 is 2.58 bits per heavy atom. The van der Waals surface area contributed by atoms with Crippen molar-refractivity contribution in [1.82, 2.24) is 0 Å². The van der Waals surface area contributed by atoms with Gasteiger partial charge in [0.1, 0.15) is 5.82 Å². The minimum atomic E-state index is -0.165. The maximum atomic E-state index is 13.2. The number of hydrogen-bond acceptors (Lipinski definition) is 0. The first kappa shape index (κ1) is 8.98. The molecule has 0 amide bonds. The van der Waals surface area contributed by atoms with Gasteiger partial charge in [0.05, 0.1) is 0 Å². The summed E-state index contributed by atoms with van der Waals surface area (Å²) in [5.41, 5.74) is 2.42. The van der Waals surface area contributed by atoms with Crippen LogP contribution in [-0.4, -0.2) is 0 Å². The van der Waals surface area contributed by atoms with Crippen molar-refractivity contribution in [1.29, 1.82) is 0 Å². The zero-order chi connectivity index (χ0) is 9.14. The van der Waals surface area contributed by atoms with Crippen molar-refractivity contribution in [3.05, 3.63) is 41.7 Å². The van der Waals surface area contributed by atoms with E-state index in [-0.39, 0.29) is 5.82 Å². The molecule has 0 aliphatic rings. The summed E-state index contributed by atoms with van der Waals surface area (Å²) in [5.74, 6) is -0.165. The number of aryl methyl sites for hydroxylation is 1. The van der Waals surface area contributed by atoms with E-state index in [1.807, 2.05) is 19.9 Å². The maximum Gasteiger partial charge on any atom is 0.130 e. The first-order valence-corrected chi connectivity index (χ1v) is 4.09. The normalized spacial score (nSPS) is 9.92. The SMILES string of the molecule is C=C(C)c1ccc(CC)cc1F. The fourth-order valence-corrected chi connectivity index (χ4v) is 1.12. The Bertz CT molecular complexity index is 300. The molecule has 0 N–H and O–H groups in total. The van der Waals surface area contributed by atoms with Crippen LogP contribution in [-0.2, 0) is 6.42 Å². The molecule has 0 bridgehead atoms. The van der Waals surface area contributed by atoms with Crippen molar-refractivity contribution in [2.75, 3.05) is 0 Å². The van der Waals surface area contributed by atoms with Gasteiger partial charge in [0.15, 0.2) is 0 Å². The Kier molecular flexibility index (Phi) is 2.64. The summed E-state index contributed by atoms with van der Waals surface area (Å²) in [6.45, 7) is 7.52. The predicted molar refractivity (Wildman–Crippen MR) is 50.5 cm³/mol. The standard InChI is InChI=1S/C11H13F/c1-4-9-5-6-10(8(2)3)11(12)7-9/h5-7H,2,4H2,1,3H3. The largest absolute Gasteiger partial charge is 0.206 e. The summed E-state index contributed by atoms with van der Waals surface area (Å²) in [7, 11) is 0. The molecule has 1 aromatic carbocycles. The van der Waals surface area contributed by atoms with Crippen molar-refractivity contribution < 1.29 is 4.39 Å². The third kappa shape index (κ3) is 1.73. The molecule has 0 spiro atoms. The van der Waals surface area contributed by atoms with Gasteiger partial charge >= 0.3 is 0 Å². The van der Waals surface area contributed by atoms with Crippen molar-refractivity contribution in [3.8, 4) is 0 Å². The molecule has 0 aromatic heterocycles. The number of rotatable bonds is 2. The molecule has 0 aliphatic carbocycles. The fraction of sp³-hybridized carbons (Fsp3) is 0.273. The van der Waals surface area contributed by atoms with Crippen LogP contribution in [0, 0.1) is 5.82 Å². The van der Waals surface area contributed by atoms with Crippen LogP contribution in [0.25, 0.3) is 5.57 Å². The van der Waals surface area contributed by atoms with Gasteiger partial charge in [-0.25, -0.2) is 4.39 Å². The fourth-order valence-electron chi connectivity index (χ4n) is 1.12. The monoisotopic (exact) mass is 164 g/mol. The molecule has 0 atom stereocenters. The molecule has 1 rings (SSSR count). The third-order valence-corrected chi connectivity index (χ3v) is 1.90. The van der Waals surface area contributed by atoms with Crippen molar-refractivity contribution in [2.24, 2.45) is 0 Å². The summed E-state index contributed by atoms with van der Waals surface area (Å²) in [6, 6.07) is 5.30. The van der Waals surface area contributed by atoms with E-state index in [9.17, 15) is 4.39 Å². The topological polar surface area (TPSA) is 0 Å². The lowest BCUT2D eigenvalue weighted by Gasteiger charge is -2.03. The lowest BCUT2D eigenvalue weighted by Crippen LogP contribution is -1.88. The second-order valence-corrected chi connectivity index (χ2v) is 2.95. The molecule has 0 heterocycles. The summed E-state index contributed by atoms with van der Waals surface area (Å²) >= 11 is 0. The summed E-state index contributed by atoms with van der Waals surface area (Å²) in [4.78, 5) is 0. The molecule has 0 unspecified atom stereocenters. The lowest BCUT2D eigenvalue weighted by atomic mass is 10.0. The highest BCUT2D eigenvalue weighted by molar-refractivity contribution is 5.62. The molecule has 64 valence electrons. The highest BCUT2D eigenvalue weighted by atomic mass is 19.1. The van der Waals surface area contributed by atoms with Crippen LogP contribution >= 0.6 is 0 Å². The number of benzene rings is 1. The number of hydrogen-bond donors (Lipinski definition) is 0. The summed E-state index contributed by atoms with van der Waals surface area (Å²) < 4.78 is 13.2. The molecule has 1 heteroatoms. The molecule has 0 nitrogen and oxygen atoms in total. The minimum Gasteiger partial charge on any atom is -0.206 e. The van der Waals surface area contributed by atoms with Crippen LogP contribution in [0.4, 0.5) is 4.39 Å². The molecule has 0 saturated heterocycles. The molecule has 0 fully saturated rings. The molecule has 12 heavy (non-hydrogen) atoms. The average molecular weight is 164 g/mol. The van der Waals surface area contributed by atoms with Gasteiger partial charge in [0, 0.05) is 5.56 Å². The van der Waals surface area contributed by atoms with Crippen LogP contribution in [0.2, 0.25) is 0 Å². The summed E-state index contributed by atoms with van der Waals surface area (Å²) in [5, 5.41) is 0. The van der Waals surface area contributed by atoms with Crippen LogP contribution < -0.4 is 0 Å². The van der Waals surface area contributed by atoms with E-state index in [4.69, 9.17) is 0 Å². The molecular weight excluding hydrogens is 151 g/mol. The first-order valence-electron chi connectivity index (χ1n) is 4.09. The van der Waals surface area contributed by atoms with Gasteiger partial charge in [-0.2, -0.15) is 0 Å². The van der Waals surface area contributed by atoms with Gasteiger partial charge in [0.25, 0.3) is 0 Å². The molecule has 0 saturated carbocycles. The van der Waals surface area contributed by atoms with Crippen molar-refractivity contribution >= 4 is 5.57 Å². The Morgan fingerprint density at radius 1 is 1.50 bits per heavy atom. The van der Waals surface area contributed by atoms with E-state index >= 15 is 0 Å². The molecule has 1 aromatic rings. The second kappa shape index (κ2) is 3.53. The van der Waals surface area contributed by atoms with Gasteiger partial charge < -0.3 is 0 Å². The van der Waals surface area contributed by atoms with Gasteiger partial charge in [-0.1, -0.05) is 25.6 Å². The Morgan fingerprint density at radius 2 is 2.17 bits per heavy atom. The first-order chi connectivity index (χ1) is 5.65. The summed E-state index contributed by atoms with van der Waals surface area (Å²) in [6.07, 6.45) is 0.868. The van der Waals surface area contributed by atoms with E-state index < -0.39 is 0 Å². The van der Waals surface area contributed by atoms with Crippen LogP contribution in [0.1, 0.15) is 25.0 Å². The Hall–Kier alpha value is -1.11. The van der Waals surface area contributed by atoms with E-state index in [1.54, 1.807) is 12.1 Å². The van der Waals surface area contributed by atoms with Crippen LogP contribution in [0.15, 0.2) is 24.8 Å². The smallest absolute Gasteiger partial charge is 0.130 e. The van der Waals surface area contributed by atoms with Crippen LogP contribution in [0.5, 0.6) is 0 Å². The van der Waals surface area contributed by atoms with Crippen LogP contribution in [0.3, 0.4) is 0 Å². The van der Waals surface area contributed by atoms with E-state index in [1.165, 1.54) is 0 Å². The number of halogens is 1. The highest BCUT2D eigenvalue weighted by Crippen LogP contribution is 2.17. The quantitative estimate of drug-likeness (QED) is 0.628. The predicted octanol–water partition coefficient (Wildman–Crippen LogP) is 3.42. The highest BCUT2D eigenvalue weighted by Gasteiger charge is 2.02.